The van der Waals surface area contributed by atoms with Crippen molar-refractivity contribution in [3.63, 3.8) is 0 Å². The van der Waals surface area contributed by atoms with Gasteiger partial charge in [-0.2, -0.15) is 0 Å². The molecule has 3 N–H and O–H groups in total. The minimum Gasteiger partial charge on any atom is -0.384 e. The molecule has 2 fully saturated rings. The third-order valence-electron chi connectivity index (χ3n) is 4.80. The summed E-state index contributed by atoms with van der Waals surface area (Å²) in [6.07, 6.45) is 2.54. The lowest BCUT2D eigenvalue weighted by Crippen LogP contribution is -2.54. The zero-order chi connectivity index (χ0) is 15.0. The van der Waals surface area contributed by atoms with E-state index in [0.717, 1.165) is 13.1 Å². The van der Waals surface area contributed by atoms with E-state index < -0.39 is 0 Å². The van der Waals surface area contributed by atoms with Gasteiger partial charge in [0.25, 0.3) is 0 Å². The van der Waals surface area contributed by atoms with Crippen molar-refractivity contribution in [2.45, 2.75) is 38.4 Å². The fourth-order valence-electron chi connectivity index (χ4n) is 3.53. The van der Waals surface area contributed by atoms with Crippen molar-refractivity contribution < 1.29 is 4.39 Å². The molecule has 2 aliphatic heterocycles. The number of piperazine rings is 1. The molecule has 0 spiro atoms. The summed E-state index contributed by atoms with van der Waals surface area (Å²) in [4.78, 5) is 4.94. The second-order valence-electron chi connectivity index (χ2n) is 6.29. The van der Waals surface area contributed by atoms with Gasteiger partial charge in [0.05, 0.1) is 0 Å². The van der Waals surface area contributed by atoms with E-state index in [0.29, 0.717) is 29.8 Å². The fraction of sp³-hybridized carbons (Fsp3) is 0.562. The van der Waals surface area contributed by atoms with Crippen LogP contribution >= 0.6 is 0 Å². The van der Waals surface area contributed by atoms with Crippen molar-refractivity contribution in [3.8, 4) is 0 Å². The number of benzene rings is 1. The molecule has 1 aromatic rings. The minimum absolute atomic E-state index is 0.0895. The molecule has 0 bridgehead atoms. The predicted octanol–water partition coefficient (Wildman–Crippen LogP) is 1.78. The zero-order valence-electron chi connectivity index (χ0n) is 12.5. The molecule has 0 aliphatic carbocycles. The van der Waals surface area contributed by atoms with Crippen molar-refractivity contribution in [2.24, 2.45) is 5.73 Å². The summed E-state index contributed by atoms with van der Waals surface area (Å²) in [7, 11) is 0. The van der Waals surface area contributed by atoms with Crippen molar-refractivity contribution in [2.75, 3.05) is 19.6 Å². The van der Waals surface area contributed by atoms with Crippen LogP contribution in [0.5, 0.6) is 0 Å². The van der Waals surface area contributed by atoms with E-state index in [4.69, 9.17) is 11.1 Å². The maximum Gasteiger partial charge on any atom is 0.128 e. The minimum atomic E-state index is -0.260. The molecule has 1 aromatic carbocycles. The van der Waals surface area contributed by atoms with Gasteiger partial charge in [-0.05, 0) is 32.4 Å². The van der Waals surface area contributed by atoms with E-state index in [1.807, 2.05) is 0 Å². The molecule has 0 amide bonds. The van der Waals surface area contributed by atoms with Crippen LogP contribution in [-0.4, -0.2) is 47.4 Å². The normalized spacial score (nSPS) is 26.8. The number of nitrogens with zero attached hydrogens (tertiary/aromatic N) is 2. The number of nitrogen functional groups attached to an aromatic ring is 1. The van der Waals surface area contributed by atoms with Gasteiger partial charge in [0, 0.05) is 42.8 Å². The van der Waals surface area contributed by atoms with Crippen LogP contribution in [0.25, 0.3) is 0 Å². The lowest BCUT2D eigenvalue weighted by Gasteiger charge is -2.42. The van der Waals surface area contributed by atoms with Crippen LogP contribution in [0.4, 0.5) is 4.39 Å². The van der Waals surface area contributed by atoms with Gasteiger partial charge in [-0.3, -0.25) is 15.2 Å². The average molecular weight is 290 g/mol. The molecule has 21 heavy (non-hydrogen) atoms. The van der Waals surface area contributed by atoms with Crippen LogP contribution in [0.1, 0.15) is 30.9 Å². The van der Waals surface area contributed by atoms with E-state index in [2.05, 4.69) is 16.7 Å². The zero-order valence-corrected chi connectivity index (χ0v) is 12.5. The Bertz CT molecular complexity index is 545. The number of fused-ring (bicyclic) bond motifs is 1. The molecule has 2 aliphatic rings. The molecule has 0 saturated carbocycles. The van der Waals surface area contributed by atoms with Crippen LogP contribution in [0.3, 0.4) is 0 Å². The van der Waals surface area contributed by atoms with E-state index in [1.54, 1.807) is 12.1 Å². The fourth-order valence-corrected chi connectivity index (χ4v) is 3.53. The number of hydrogen-bond acceptors (Lipinski definition) is 3. The summed E-state index contributed by atoms with van der Waals surface area (Å²) < 4.78 is 14.2. The van der Waals surface area contributed by atoms with Gasteiger partial charge in [0.15, 0.2) is 0 Å². The van der Waals surface area contributed by atoms with Crippen molar-refractivity contribution >= 4 is 5.84 Å². The first-order valence-electron chi connectivity index (χ1n) is 7.65. The van der Waals surface area contributed by atoms with Gasteiger partial charge >= 0.3 is 0 Å². The van der Waals surface area contributed by atoms with E-state index in [9.17, 15) is 4.39 Å². The first-order valence-corrected chi connectivity index (χ1v) is 7.65. The van der Waals surface area contributed by atoms with Crippen molar-refractivity contribution in [1.29, 1.82) is 5.41 Å². The van der Waals surface area contributed by atoms with Gasteiger partial charge in [-0.15, -0.1) is 0 Å². The molecule has 2 saturated heterocycles. The highest BCUT2D eigenvalue weighted by molar-refractivity contribution is 5.94. The molecule has 2 unspecified atom stereocenters. The third kappa shape index (κ3) is 2.94. The summed E-state index contributed by atoms with van der Waals surface area (Å²) in [6.45, 7) is 6.17. The SMILES string of the molecule is CC1CN2CCCC2CN1Cc1ccc(C(=N)N)cc1F. The summed E-state index contributed by atoms with van der Waals surface area (Å²) in [6, 6.07) is 5.96. The van der Waals surface area contributed by atoms with Gasteiger partial charge < -0.3 is 5.73 Å². The smallest absolute Gasteiger partial charge is 0.128 e. The molecular formula is C16H23FN4. The quantitative estimate of drug-likeness (QED) is 0.659. The number of nitrogens with two attached hydrogens (primary N) is 1. The number of rotatable bonds is 3. The lowest BCUT2D eigenvalue weighted by molar-refractivity contribution is 0.0533. The van der Waals surface area contributed by atoms with Gasteiger partial charge in [0.1, 0.15) is 11.7 Å². The highest BCUT2D eigenvalue weighted by atomic mass is 19.1. The molecule has 0 aromatic heterocycles. The van der Waals surface area contributed by atoms with E-state index in [1.165, 1.54) is 25.5 Å². The Morgan fingerprint density at radius 1 is 1.43 bits per heavy atom. The molecule has 5 heteroatoms. The summed E-state index contributed by atoms with van der Waals surface area (Å²) >= 11 is 0. The number of hydrogen-bond donors (Lipinski definition) is 2. The topological polar surface area (TPSA) is 56.4 Å². The molecular weight excluding hydrogens is 267 g/mol. The van der Waals surface area contributed by atoms with Crippen LogP contribution in [0, 0.1) is 11.2 Å². The summed E-state index contributed by atoms with van der Waals surface area (Å²) in [5.41, 5.74) is 6.54. The van der Waals surface area contributed by atoms with Gasteiger partial charge in [-0.25, -0.2) is 4.39 Å². The maximum absolute atomic E-state index is 14.2. The average Bonchev–Trinajstić information content (AvgIpc) is 2.88. The number of nitrogens with one attached hydrogen (secondary N) is 1. The van der Waals surface area contributed by atoms with Gasteiger partial charge in [-0.1, -0.05) is 12.1 Å². The second kappa shape index (κ2) is 5.73. The van der Waals surface area contributed by atoms with Crippen LogP contribution in [-0.2, 0) is 6.54 Å². The number of amidine groups is 1. The first kappa shape index (κ1) is 14.5. The lowest BCUT2D eigenvalue weighted by atomic mass is 10.1. The van der Waals surface area contributed by atoms with Crippen LogP contribution in [0.2, 0.25) is 0 Å². The molecule has 3 rings (SSSR count). The summed E-state index contributed by atoms with van der Waals surface area (Å²) in [5, 5.41) is 7.36. The highest BCUT2D eigenvalue weighted by Crippen LogP contribution is 2.26. The third-order valence-corrected chi connectivity index (χ3v) is 4.80. The highest BCUT2D eigenvalue weighted by Gasteiger charge is 2.34. The molecule has 2 atom stereocenters. The van der Waals surface area contributed by atoms with E-state index in [-0.39, 0.29) is 11.7 Å². The molecule has 114 valence electrons. The Labute approximate surface area is 125 Å². The maximum atomic E-state index is 14.2. The Balaban J connectivity index is 1.72. The second-order valence-corrected chi connectivity index (χ2v) is 6.29. The summed E-state index contributed by atoms with van der Waals surface area (Å²) in [5.74, 6) is -0.350. The largest absolute Gasteiger partial charge is 0.384 e. The molecule has 0 radical (unpaired) electrons. The number of halogens is 1. The Morgan fingerprint density at radius 2 is 2.24 bits per heavy atom. The van der Waals surface area contributed by atoms with Crippen molar-refractivity contribution in [3.05, 3.63) is 35.1 Å². The van der Waals surface area contributed by atoms with Crippen LogP contribution in [0.15, 0.2) is 18.2 Å². The molecule has 4 nitrogen and oxygen atoms in total. The first-order chi connectivity index (χ1) is 10.0. The van der Waals surface area contributed by atoms with Gasteiger partial charge in [0.2, 0.25) is 0 Å². The van der Waals surface area contributed by atoms with E-state index >= 15 is 0 Å². The Hall–Kier alpha value is -1.46. The predicted molar refractivity (Wildman–Crippen MR) is 81.9 cm³/mol. The van der Waals surface area contributed by atoms with Crippen LogP contribution < -0.4 is 5.73 Å². The molecule has 2 heterocycles. The standard InChI is InChI=1S/C16H23FN4/c1-11-8-20-6-2-3-14(20)10-21(11)9-13-5-4-12(16(18)19)7-15(13)17/h4-5,7,11,14H,2-3,6,8-10H2,1H3,(H3,18,19). The monoisotopic (exact) mass is 290 g/mol. The Kier molecular flexibility index (Phi) is 3.95. The Morgan fingerprint density at radius 3 is 2.95 bits per heavy atom. The van der Waals surface area contributed by atoms with Crippen molar-refractivity contribution in [1.82, 2.24) is 9.80 Å².